The third-order valence-corrected chi connectivity index (χ3v) is 3.57. The third kappa shape index (κ3) is 1.82. The minimum atomic E-state index is -0.574. The van der Waals surface area contributed by atoms with Crippen molar-refractivity contribution in [3.05, 3.63) is 29.3 Å². The van der Waals surface area contributed by atoms with Gasteiger partial charge >= 0.3 is 0 Å². The monoisotopic (exact) mass is 220 g/mol. The zero-order chi connectivity index (χ0) is 11.8. The molecule has 1 aromatic carbocycles. The van der Waals surface area contributed by atoms with Gasteiger partial charge in [-0.2, -0.15) is 0 Å². The number of rotatable bonds is 3. The molecule has 0 aliphatic heterocycles. The van der Waals surface area contributed by atoms with Crippen LogP contribution in [0.5, 0.6) is 5.75 Å². The molecule has 1 N–H and O–H groups in total. The van der Waals surface area contributed by atoms with Crippen LogP contribution in [0.3, 0.4) is 0 Å². The molecule has 88 valence electrons. The second-order valence-corrected chi connectivity index (χ2v) is 5.00. The molecule has 1 aliphatic rings. The van der Waals surface area contributed by atoms with E-state index in [9.17, 15) is 5.11 Å². The molecule has 1 saturated carbocycles. The molecule has 1 aromatic rings. The Balaban J connectivity index is 2.38. The highest BCUT2D eigenvalue weighted by Crippen LogP contribution is 2.42. The largest absolute Gasteiger partial charge is 0.496 e. The fourth-order valence-corrected chi connectivity index (χ4v) is 2.28. The van der Waals surface area contributed by atoms with Gasteiger partial charge in [-0.1, -0.05) is 19.9 Å². The van der Waals surface area contributed by atoms with Crippen molar-refractivity contribution in [1.82, 2.24) is 0 Å². The van der Waals surface area contributed by atoms with Crippen LogP contribution in [0.15, 0.2) is 18.2 Å². The van der Waals surface area contributed by atoms with Gasteiger partial charge in [0.05, 0.1) is 12.7 Å². The predicted octanol–water partition coefficient (Wildman–Crippen LogP) is 3.19. The average molecular weight is 220 g/mol. The molecule has 0 heterocycles. The van der Waals surface area contributed by atoms with E-state index in [1.165, 1.54) is 5.56 Å². The van der Waals surface area contributed by atoms with E-state index in [0.29, 0.717) is 5.92 Å². The molecule has 0 amide bonds. The van der Waals surface area contributed by atoms with Crippen LogP contribution in [0.2, 0.25) is 0 Å². The summed E-state index contributed by atoms with van der Waals surface area (Å²) in [5.74, 6) is 1.33. The van der Waals surface area contributed by atoms with Crippen molar-refractivity contribution in [3.8, 4) is 5.75 Å². The molecule has 0 saturated heterocycles. The zero-order valence-corrected chi connectivity index (χ0v) is 10.3. The van der Waals surface area contributed by atoms with Gasteiger partial charge < -0.3 is 9.84 Å². The molecule has 0 bridgehead atoms. The first kappa shape index (κ1) is 11.5. The van der Waals surface area contributed by atoms with Crippen LogP contribution in [0.1, 0.15) is 50.2 Å². The number of hydrogen-bond donors (Lipinski definition) is 1. The van der Waals surface area contributed by atoms with Crippen molar-refractivity contribution in [3.63, 3.8) is 0 Å². The summed E-state index contributed by atoms with van der Waals surface area (Å²) in [6, 6.07) is 6.06. The van der Waals surface area contributed by atoms with E-state index >= 15 is 0 Å². The van der Waals surface area contributed by atoms with Gasteiger partial charge in [0.25, 0.3) is 0 Å². The Morgan fingerprint density at radius 3 is 2.44 bits per heavy atom. The maximum absolute atomic E-state index is 10.3. The summed E-state index contributed by atoms with van der Waals surface area (Å²) in [4.78, 5) is 0. The molecule has 0 aromatic heterocycles. The van der Waals surface area contributed by atoms with Crippen molar-refractivity contribution in [2.45, 2.75) is 44.6 Å². The van der Waals surface area contributed by atoms with E-state index < -0.39 is 5.60 Å². The molecular formula is C14H20O2. The Bertz CT molecular complexity index is 378. The highest BCUT2D eigenvalue weighted by molar-refractivity contribution is 5.41. The number of methoxy groups -OCH3 is 1. The molecule has 2 nitrogen and oxygen atoms in total. The Hall–Kier alpha value is -1.02. The molecule has 0 radical (unpaired) electrons. The summed E-state index contributed by atoms with van der Waals surface area (Å²) in [6.07, 6.45) is 2.90. The second kappa shape index (κ2) is 4.10. The fraction of sp³-hybridized carbons (Fsp3) is 0.571. The van der Waals surface area contributed by atoms with E-state index in [0.717, 1.165) is 30.6 Å². The summed E-state index contributed by atoms with van der Waals surface area (Å²) in [5, 5.41) is 10.3. The van der Waals surface area contributed by atoms with Crippen LogP contribution in [0, 0.1) is 0 Å². The highest BCUT2D eigenvalue weighted by atomic mass is 16.5. The van der Waals surface area contributed by atoms with Gasteiger partial charge in [-0.3, -0.25) is 0 Å². The molecule has 2 heteroatoms. The maximum Gasteiger partial charge on any atom is 0.122 e. The molecule has 2 rings (SSSR count). The average Bonchev–Trinajstić information content (AvgIpc) is 2.25. The van der Waals surface area contributed by atoms with Crippen molar-refractivity contribution >= 4 is 0 Å². The first-order valence-electron chi connectivity index (χ1n) is 5.97. The minimum Gasteiger partial charge on any atom is -0.496 e. The van der Waals surface area contributed by atoms with Crippen molar-refractivity contribution in [1.29, 1.82) is 0 Å². The van der Waals surface area contributed by atoms with Crippen molar-refractivity contribution < 1.29 is 9.84 Å². The fourth-order valence-electron chi connectivity index (χ4n) is 2.28. The van der Waals surface area contributed by atoms with Gasteiger partial charge in [0, 0.05) is 0 Å². The van der Waals surface area contributed by atoms with E-state index in [4.69, 9.17) is 4.74 Å². The minimum absolute atomic E-state index is 0.415. The smallest absolute Gasteiger partial charge is 0.122 e. The number of aliphatic hydroxyl groups is 1. The number of ether oxygens (including phenoxy) is 1. The van der Waals surface area contributed by atoms with Gasteiger partial charge in [0.15, 0.2) is 0 Å². The molecule has 1 aliphatic carbocycles. The molecule has 1 fully saturated rings. The van der Waals surface area contributed by atoms with Crippen LogP contribution in [0.4, 0.5) is 0 Å². The third-order valence-electron chi connectivity index (χ3n) is 3.57. The van der Waals surface area contributed by atoms with Crippen molar-refractivity contribution in [2.24, 2.45) is 0 Å². The van der Waals surface area contributed by atoms with E-state index in [-0.39, 0.29) is 0 Å². The summed E-state index contributed by atoms with van der Waals surface area (Å²) in [5.41, 5.74) is 1.65. The Kier molecular flexibility index (Phi) is 2.94. The lowest BCUT2D eigenvalue weighted by Gasteiger charge is -2.37. The lowest BCUT2D eigenvalue weighted by atomic mass is 9.74. The van der Waals surface area contributed by atoms with Crippen molar-refractivity contribution in [2.75, 3.05) is 7.11 Å². The molecule has 16 heavy (non-hydrogen) atoms. The zero-order valence-electron chi connectivity index (χ0n) is 10.3. The van der Waals surface area contributed by atoms with E-state index in [1.807, 2.05) is 12.1 Å². The van der Waals surface area contributed by atoms with Gasteiger partial charge in [-0.05, 0) is 48.4 Å². The van der Waals surface area contributed by atoms with Crippen LogP contribution < -0.4 is 4.74 Å². The van der Waals surface area contributed by atoms with E-state index in [1.54, 1.807) is 7.11 Å². The topological polar surface area (TPSA) is 29.5 Å². The molecule has 0 spiro atoms. The standard InChI is InChI=1S/C14H20O2/c1-10(2)12-9-11(5-6-13(12)16-3)14(15)7-4-8-14/h5-6,9-10,15H,4,7-8H2,1-3H3. The number of hydrogen-bond acceptors (Lipinski definition) is 2. The predicted molar refractivity (Wildman–Crippen MR) is 64.8 cm³/mol. The normalized spacial score (nSPS) is 18.3. The van der Waals surface area contributed by atoms with Gasteiger partial charge in [0.2, 0.25) is 0 Å². The second-order valence-electron chi connectivity index (χ2n) is 5.00. The molecule has 0 atom stereocenters. The van der Waals surface area contributed by atoms with Gasteiger partial charge in [-0.15, -0.1) is 0 Å². The molecule has 0 unspecified atom stereocenters. The van der Waals surface area contributed by atoms with Gasteiger partial charge in [0.1, 0.15) is 5.75 Å². The van der Waals surface area contributed by atoms with Gasteiger partial charge in [-0.25, -0.2) is 0 Å². The lowest BCUT2D eigenvalue weighted by Crippen LogP contribution is -2.33. The number of benzene rings is 1. The first-order chi connectivity index (χ1) is 7.57. The first-order valence-corrected chi connectivity index (χ1v) is 5.97. The highest BCUT2D eigenvalue weighted by Gasteiger charge is 2.36. The van der Waals surface area contributed by atoms with Crippen LogP contribution in [-0.2, 0) is 5.60 Å². The summed E-state index contributed by atoms with van der Waals surface area (Å²) in [7, 11) is 1.69. The van der Waals surface area contributed by atoms with Crippen LogP contribution in [0.25, 0.3) is 0 Å². The van der Waals surface area contributed by atoms with E-state index in [2.05, 4.69) is 19.9 Å². The molecular weight excluding hydrogens is 200 g/mol. The van der Waals surface area contributed by atoms with Crippen LogP contribution >= 0.6 is 0 Å². The maximum atomic E-state index is 10.3. The summed E-state index contributed by atoms with van der Waals surface area (Å²) < 4.78 is 5.34. The Morgan fingerprint density at radius 1 is 1.31 bits per heavy atom. The Labute approximate surface area is 97.3 Å². The Morgan fingerprint density at radius 2 is 2.00 bits per heavy atom. The lowest BCUT2D eigenvalue weighted by molar-refractivity contribution is -0.0388. The SMILES string of the molecule is COc1ccc(C2(O)CCC2)cc1C(C)C. The van der Waals surface area contributed by atoms with Crippen LogP contribution in [-0.4, -0.2) is 12.2 Å². The summed E-state index contributed by atoms with van der Waals surface area (Å²) >= 11 is 0. The summed E-state index contributed by atoms with van der Waals surface area (Å²) in [6.45, 7) is 4.29. The quantitative estimate of drug-likeness (QED) is 0.847.